The molecule has 0 aromatic carbocycles. The first-order chi connectivity index (χ1) is 15.1. The summed E-state index contributed by atoms with van der Waals surface area (Å²) < 4.78 is 12.6. The summed E-state index contributed by atoms with van der Waals surface area (Å²) in [5, 5.41) is 3.50. The van der Waals surface area contributed by atoms with E-state index < -0.39 is 11.2 Å². The van der Waals surface area contributed by atoms with E-state index in [0.29, 0.717) is 42.8 Å². The van der Waals surface area contributed by atoms with Crippen LogP contribution in [0.1, 0.15) is 43.0 Å². The SMILES string of the molecule is CN1C[C@@H](Nc2nc(N3CCC(c4ccncn4)CC3)nc3c2[S+]([O-])CC3)CCC1=O. The van der Waals surface area contributed by atoms with Crippen LogP contribution in [-0.2, 0) is 22.4 Å². The lowest BCUT2D eigenvalue weighted by molar-refractivity contribution is -0.132. The van der Waals surface area contributed by atoms with Gasteiger partial charge >= 0.3 is 0 Å². The van der Waals surface area contributed by atoms with Gasteiger partial charge in [0.05, 0.1) is 0 Å². The maximum atomic E-state index is 12.6. The quantitative estimate of drug-likeness (QED) is 0.708. The predicted octanol–water partition coefficient (Wildman–Crippen LogP) is 1.35. The molecule has 2 saturated heterocycles. The zero-order valence-corrected chi connectivity index (χ0v) is 18.5. The molecular formula is C21H27N7O2S. The molecule has 1 N–H and O–H groups in total. The summed E-state index contributed by atoms with van der Waals surface area (Å²) in [4.78, 5) is 34.6. The molecule has 164 valence electrons. The first-order valence-corrected chi connectivity index (χ1v) is 12.2. The van der Waals surface area contributed by atoms with Crippen molar-refractivity contribution in [2.75, 3.05) is 42.7 Å². The Morgan fingerprint density at radius 3 is 2.77 bits per heavy atom. The number of hydrogen-bond acceptors (Lipinski definition) is 8. The van der Waals surface area contributed by atoms with Crippen molar-refractivity contribution in [1.82, 2.24) is 24.8 Å². The Labute approximate surface area is 184 Å². The third kappa shape index (κ3) is 4.18. The van der Waals surface area contributed by atoms with Crippen molar-refractivity contribution < 1.29 is 9.35 Å². The Morgan fingerprint density at radius 2 is 2.03 bits per heavy atom. The second-order valence-corrected chi connectivity index (χ2v) is 10.0. The summed E-state index contributed by atoms with van der Waals surface area (Å²) in [6, 6.07) is 2.10. The highest BCUT2D eigenvalue weighted by atomic mass is 32.2. The molecule has 0 bridgehead atoms. The third-order valence-corrected chi connectivity index (χ3v) is 7.90. The Hall–Kier alpha value is -2.46. The van der Waals surface area contributed by atoms with Gasteiger partial charge in [0.1, 0.15) is 17.8 Å². The largest absolute Gasteiger partial charge is 0.611 e. The number of anilines is 2. The molecule has 5 rings (SSSR count). The van der Waals surface area contributed by atoms with Crippen LogP contribution in [0, 0.1) is 0 Å². The lowest BCUT2D eigenvalue weighted by Crippen LogP contribution is -2.43. The van der Waals surface area contributed by atoms with Crippen molar-refractivity contribution in [2.45, 2.75) is 49.0 Å². The number of aryl methyl sites for hydroxylation is 1. The van der Waals surface area contributed by atoms with Crippen LogP contribution >= 0.6 is 0 Å². The zero-order valence-electron chi connectivity index (χ0n) is 17.7. The first kappa shape index (κ1) is 20.4. The number of carbonyl (C=O) groups is 1. The van der Waals surface area contributed by atoms with Gasteiger partial charge in [-0.2, -0.15) is 4.98 Å². The minimum Gasteiger partial charge on any atom is -0.611 e. The van der Waals surface area contributed by atoms with Crippen molar-refractivity contribution in [3.8, 4) is 0 Å². The summed E-state index contributed by atoms with van der Waals surface area (Å²) >= 11 is -1.07. The minimum atomic E-state index is -1.07. The van der Waals surface area contributed by atoms with E-state index in [1.165, 1.54) is 0 Å². The molecule has 2 fully saturated rings. The highest BCUT2D eigenvalue weighted by molar-refractivity contribution is 7.91. The van der Waals surface area contributed by atoms with E-state index in [9.17, 15) is 9.35 Å². The number of amides is 1. The highest BCUT2D eigenvalue weighted by Crippen LogP contribution is 2.35. The van der Waals surface area contributed by atoms with Crippen molar-refractivity contribution in [2.24, 2.45) is 0 Å². The summed E-state index contributed by atoms with van der Waals surface area (Å²) in [6.45, 7) is 2.34. The second kappa shape index (κ2) is 8.58. The summed E-state index contributed by atoms with van der Waals surface area (Å²) in [6.07, 6.45) is 7.38. The molecule has 3 aliphatic rings. The molecule has 0 radical (unpaired) electrons. The molecule has 10 heteroatoms. The summed E-state index contributed by atoms with van der Waals surface area (Å²) in [5.41, 5.74) is 1.99. The normalized spacial score (nSPS) is 24.4. The number of fused-ring (bicyclic) bond motifs is 1. The molecule has 1 amide bonds. The van der Waals surface area contributed by atoms with Crippen LogP contribution in [0.3, 0.4) is 0 Å². The van der Waals surface area contributed by atoms with E-state index >= 15 is 0 Å². The Bertz CT molecular complexity index is 952. The molecule has 2 aromatic heterocycles. The van der Waals surface area contributed by atoms with E-state index in [1.54, 1.807) is 17.4 Å². The van der Waals surface area contributed by atoms with Crippen molar-refractivity contribution >= 4 is 28.8 Å². The van der Waals surface area contributed by atoms with Crippen LogP contribution in [0.2, 0.25) is 0 Å². The monoisotopic (exact) mass is 441 g/mol. The fourth-order valence-electron chi connectivity index (χ4n) is 4.66. The lowest BCUT2D eigenvalue weighted by Gasteiger charge is -2.33. The van der Waals surface area contributed by atoms with Gasteiger partial charge in [-0.15, -0.1) is 0 Å². The van der Waals surface area contributed by atoms with Gasteiger partial charge in [-0.1, -0.05) is 0 Å². The lowest BCUT2D eigenvalue weighted by atomic mass is 9.93. The minimum absolute atomic E-state index is 0.107. The van der Waals surface area contributed by atoms with E-state index in [-0.39, 0.29) is 11.9 Å². The molecule has 2 aromatic rings. The van der Waals surface area contributed by atoms with Gasteiger partial charge in [0, 0.05) is 63.4 Å². The average molecular weight is 442 g/mol. The van der Waals surface area contributed by atoms with E-state index in [1.807, 2.05) is 13.1 Å². The van der Waals surface area contributed by atoms with Crippen molar-refractivity contribution in [3.05, 3.63) is 30.0 Å². The molecule has 1 unspecified atom stereocenters. The van der Waals surface area contributed by atoms with Crippen LogP contribution in [0.5, 0.6) is 0 Å². The van der Waals surface area contributed by atoms with E-state index in [2.05, 4.69) is 20.2 Å². The predicted molar refractivity (Wildman–Crippen MR) is 118 cm³/mol. The molecule has 31 heavy (non-hydrogen) atoms. The molecule has 2 atom stereocenters. The number of piperidine rings is 2. The van der Waals surface area contributed by atoms with Crippen molar-refractivity contribution in [3.63, 3.8) is 0 Å². The number of carbonyl (C=O) groups excluding carboxylic acids is 1. The van der Waals surface area contributed by atoms with Crippen LogP contribution in [-0.4, -0.2) is 73.8 Å². The molecule has 5 heterocycles. The molecular weight excluding hydrogens is 414 g/mol. The Balaban J connectivity index is 1.34. The van der Waals surface area contributed by atoms with Crippen LogP contribution in [0.4, 0.5) is 11.8 Å². The number of aromatic nitrogens is 4. The number of nitrogens with zero attached hydrogens (tertiary/aromatic N) is 6. The Morgan fingerprint density at radius 1 is 1.19 bits per heavy atom. The zero-order chi connectivity index (χ0) is 21.4. The van der Waals surface area contributed by atoms with Gasteiger partial charge in [-0.25, -0.2) is 15.0 Å². The molecule has 0 saturated carbocycles. The van der Waals surface area contributed by atoms with Crippen LogP contribution in [0.15, 0.2) is 23.5 Å². The third-order valence-electron chi connectivity index (χ3n) is 6.44. The molecule has 0 spiro atoms. The van der Waals surface area contributed by atoms with Gasteiger partial charge in [0.15, 0.2) is 5.82 Å². The highest BCUT2D eigenvalue weighted by Gasteiger charge is 2.35. The number of likely N-dealkylation sites (tertiary alicyclic amines) is 1. The van der Waals surface area contributed by atoms with E-state index in [4.69, 9.17) is 9.97 Å². The van der Waals surface area contributed by atoms with Crippen LogP contribution in [0.25, 0.3) is 0 Å². The van der Waals surface area contributed by atoms with Gasteiger partial charge < -0.3 is 19.7 Å². The maximum Gasteiger partial charge on any atom is 0.227 e. The maximum absolute atomic E-state index is 12.6. The van der Waals surface area contributed by atoms with E-state index in [0.717, 1.165) is 48.6 Å². The topological polar surface area (TPSA) is 110 Å². The first-order valence-electron chi connectivity index (χ1n) is 10.9. The molecule has 9 nitrogen and oxygen atoms in total. The van der Waals surface area contributed by atoms with Gasteiger partial charge in [0.2, 0.25) is 16.8 Å². The molecule has 3 aliphatic heterocycles. The van der Waals surface area contributed by atoms with Crippen LogP contribution < -0.4 is 10.2 Å². The second-order valence-electron chi connectivity index (χ2n) is 8.50. The number of hydrogen-bond donors (Lipinski definition) is 1. The fraction of sp³-hybridized carbons (Fsp3) is 0.571. The number of rotatable bonds is 4. The summed E-state index contributed by atoms with van der Waals surface area (Å²) in [7, 11) is 1.83. The number of nitrogens with one attached hydrogen (secondary N) is 1. The Kier molecular flexibility index (Phi) is 5.66. The standard InChI is InChI=1S/C21H27N7O2S/c1-27-12-15(2-3-18(27)29)24-20-19-17(7-11-31(19)30)25-21(26-20)28-9-5-14(6-10-28)16-4-8-22-13-23-16/h4,8,13-15H,2-3,5-7,9-12H2,1H3,(H,24,25,26)/t15-,31?/m0/s1. The molecule has 0 aliphatic carbocycles. The smallest absolute Gasteiger partial charge is 0.227 e. The van der Waals surface area contributed by atoms with Gasteiger partial charge in [-0.3, -0.25) is 4.79 Å². The average Bonchev–Trinajstić information content (AvgIpc) is 3.18. The number of likely N-dealkylation sites (N-methyl/N-ethyl adjacent to an activating group) is 1. The van der Waals surface area contributed by atoms with Crippen molar-refractivity contribution in [1.29, 1.82) is 0 Å². The summed E-state index contributed by atoms with van der Waals surface area (Å²) in [5.74, 6) is 2.58. The van der Waals surface area contributed by atoms with Gasteiger partial charge in [0.25, 0.3) is 0 Å². The fourth-order valence-corrected chi connectivity index (χ4v) is 5.98. The van der Waals surface area contributed by atoms with Gasteiger partial charge in [-0.05, 0) is 36.5 Å².